The molecule has 1 atom stereocenters. The van der Waals surface area contributed by atoms with Crippen LogP contribution in [0.3, 0.4) is 0 Å². The molecule has 1 saturated heterocycles. The monoisotopic (exact) mass is 327 g/mol. The van der Waals surface area contributed by atoms with Crippen LogP contribution in [-0.4, -0.2) is 55.1 Å². The summed E-state index contributed by atoms with van der Waals surface area (Å²) < 4.78 is 5.44. The van der Waals surface area contributed by atoms with Crippen molar-refractivity contribution in [1.82, 2.24) is 10.2 Å². The van der Waals surface area contributed by atoms with E-state index in [0.717, 1.165) is 32.1 Å². The third kappa shape index (κ3) is 7.31. The van der Waals surface area contributed by atoms with Crippen LogP contribution < -0.4 is 11.1 Å². The van der Waals surface area contributed by atoms with Gasteiger partial charge in [-0.25, -0.2) is 0 Å². The fraction of sp³-hybridized carbons (Fsp3) is 0.882. The topological polar surface area (TPSA) is 84.7 Å². The minimum atomic E-state index is -0.397. The Morgan fingerprint density at radius 2 is 1.96 bits per heavy atom. The Morgan fingerprint density at radius 1 is 1.30 bits per heavy atom. The molecule has 6 heteroatoms. The van der Waals surface area contributed by atoms with Gasteiger partial charge in [0.1, 0.15) is 0 Å². The second-order valence-electron chi connectivity index (χ2n) is 6.56. The molecular weight excluding hydrogens is 294 g/mol. The molecule has 3 N–H and O–H groups in total. The Kier molecular flexibility index (Phi) is 9.17. The van der Waals surface area contributed by atoms with E-state index in [1.807, 2.05) is 20.8 Å². The van der Waals surface area contributed by atoms with E-state index in [-0.39, 0.29) is 23.8 Å². The first kappa shape index (κ1) is 19.9. The minimum Gasteiger partial charge on any atom is -0.379 e. The van der Waals surface area contributed by atoms with E-state index >= 15 is 0 Å². The van der Waals surface area contributed by atoms with E-state index in [9.17, 15) is 9.59 Å². The lowest BCUT2D eigenvalue weighted by atomic mass is 9.95. The predicted molar refractivity (Wildman–Crippen MR) is 90.9 cm³/mol. The molecule has 1 aliphatic rings. The van der Waals surface area contributed by atoms with Crippen LogP contribution in [0.1, 0.15) is 52.9 Å². The minimum absolute atomic E-state index is 0.00691. The summed E-state index contributed by atoms with van der Waals surface area (Å²) in [4.78, 5) is 26.1. The van der Waals surface area contributed by atoms with E-state index < -0.39 is 6.04 Å². The number of nitrogens with zero attached hydrogens (tertiary/aromatic N) is 1. The smallest absolute Gasteiger partial charge is 0.239 e. The van der Waals surface area contributed by atoms with Gasteiger partial charge in [0.2, 0.25) is 11.8 Å². The highest BCUT2D eigenvalue weighted by atomic mass is 16.5. The number of carbonyl (C=O) groups is 2. The third-order valence-electron chi connectivity index (χ3n) is 4.17. The van der Waals surface area contributed by atoms with Crippen molar-refractivity contribution in [1.29, 1.82) is 0 Å². The van der Waals surface area contributed by atoms with Crippen LogP contribution >= 0.6 is 0 Å². The van der Waals surface area contributed by atoms with E-state index in [1.165, 1.54) is 0 Å². The summed E-state index contributed by atoms with van der Waals surface area (Å²) >= 11 is 0. The average molecular weight is 327 g/mol. The average Bonchev–Trinajstić information content (AvgIpc) is 2.53. The second kappa shape index (κ2) is 10.6. The number of piperidine rings is 1. The Bertz CT molecular complexity index is 366. The number of nitrogens with two attached hydrogens (primary N) is 1. The van der Waals surface area contributed by atoms with Crippen LogP contribution in [-0.2, 0) is 14.3 Å². The molecule has 23 heavy (non-hydrogen) atoms. The van der Waals surface area contributed by atoms with E-state index in [0.29, 0.717) is 26.2 Å². The van der Waals surface area contributed by atoms with E-state index in [1.54, 1.807) is 4.90 Å². The zero-order chi connectivity index (χ0) is 17.2. The van der Waals surface area contributed by atoms with Gasteiger partial charge in [0.25, 0.3) is 0 Å². The molecule has 0 saturated carbocycles. The number of hydrogen-bond acceptors (Lipinski definition) is 4. The Balaban J connectivity index is 2.22. The molecule has 1 rings (SSSR count). The summed E-state index contributed by atoms with van der Waals surface area (Å²) in [5.41, 5.74) is 5.89. The predicted octanol–water partition coefficient (Wildman–Crippen LogP) is 1.28. The molecule has 1 fully saturated rings. The number of hydrogen-bond donors (Lipinski definition) is 2. The third-order valence-corrected chi connectivity index (χ3v) is 4.17. The molecule has 0 aliphatic carbocycles. The zero-order valence-corrected chi connectivity index (χ0v) is 14.8. The maximum Gasteiger partial charge on any atom is 0.239 e. The van der Waals surface area contributed by atoms with Crippen molar-refractivity contribution in [3.05, 3.63) is 0 Å². The van der Waals surface area contributed by atoms with Gasteiger partial charge in [-0.3, -0.25) is 9.59 Å². The van der Waals surface area contributed by atoms with Gasteiger partial charge in [-0.2, -0.15) is 0 Å². The Hall–Kier alpha value is -1.14. The molecule has 0 aromatic rings. The maximum absolute atomic E-state index is 12.1. The highest BCUT2D eigenvalue weighted by molar-refractivity contribution is 5.82. The normalized spacial score (nSPS) is 17.3. The number of ether oxygens (including phenoxy) is 1. The summed E-state index contributed by atoms with van der Waals surface area (Å²) in [7, 11) is 0. The van der Waals surface area contributed by atoms with Crippen LogP contribution in [0, 0.1) is 5.92 Å². The highest BCUT2D eigenvalue weighted by Gasteiger charge is 2.28. The van der Waals surface area contributed by atoms with Gasteiger partial charge in [-0.1, -0.05) is 13.3 Å². The van der Waals surface area contributed by atoms with Crippen LogP contribution in [0.15, 0.2) is 0 Å². The molecule has 0 bridgehead atoms. The zero-order valence-electron chi connectivity index (χ0n) is 14.8. The van der Waals surface area contributed by atoms with Gasteiger partial charge < -0.3 is 20.7 Å². The molecule has 0 spiro atoms. The fourth-order valence-electron chi connectivity index (χ4n) is 2.78. The molecule has 1 unspecified atom stereocenters. The summed E-state index contributed by atoms with van der Waals surface area (Å²) in [6.07, 6.45) is 4.13. The van der Waals surface area contributed by atoms with Crippen molar-refractivity contribution in [3.8, 4) is 0 Å². The number of carbonyl (C=O) groups excluding carboxylic acids is 2. The molecule has 1 heterocycles. The van der Waals surface area contributed by atoms with Crippen molar-refractivity contribution in [2.45, 2.75) is 65.0 Å². The lowest BCUT2D eigenvalue weighted by Gasteiger charge is -2.33. The molecule has 134 valence electrons. The highest BCUT2D eigenvalue weighted by Crippen LogP contribution is 2.18. The van der Waals surface area contributed by atoms with Crippen molar-refractivity contribution in [2.75, 3.05) is 26.2 Å². The molecule has 0 aromatic heterocycles. The standard InChI is InChI=1S/C17H33N3O3/c1-4-6-15(18)17(22)20-10-7-14(8-11-20)16(21)19-9-5-12-23-13(2)3/h13-15H,4-12,18H2,1-3H3,(H,19,21). The molecule has 6 nitrogen and oxygen atoms in total. The van der Waals surface area contributed by atoms with Gasteiger partial charge in [0.15, 0.2) is 0 Å². The van der Waals surface area contributed by atoms with Crippen LogP contribution in [0.4, 0.5) is 0 Å². The van der Waals surface area contributed by atoms with E-state index in [4.69, 9.17) is 10.5 Å². The first-order valence-electron chi connectivity index (χ1n) is 8.89. The number of rotatable bonds is 9. The quantitative estimate of drug-likeness (QED) is 0.625. The van der Waals surface area contributed by atoms with Crippen LogP contribution in [0.25, 0.3) is 0 Å². The molecule has 0 aromatic carbocycles. The SMILES string of the molecule is CCCC(N)C(=O)N1CCC(C(=O)NCCCOC(C)C)CC1. The first-order chi connectivity index (χ1) is 11.0. The number of amides is 2. The van der Waals surface area contributed by atoms with Gasteiger partial charge in [0.05, 0.1) is 12.1 Å². The van der Waals surface area contributed by atoms with Crippen molar-refractivity contribution < 1.29 is 14.3 Å². The number of nitrogens with one attached hydrogen (secondary N) is 1. The molecule has 1 aliphatic heterocycles. The summed E-state index contributed by atoms with van der Waals surface area (Å²) in [6, 6.07) is -0.397. The Labute approximate surface area is 140 Å². The summed E-state index contributed by atoms with van der Waals surface area (Å²) in [5, 5.41) is 2.97. The van der Waals surface area contributed by atoms with Crippen LogP contribution in [0.5, 0.6) is 0 Å². The van der Waals surface area contributed by atoms with Gasteiger partial charge in [0, 0.05) is 32.2 Å². The summed E-state index contributed by atoms with van der Waals surface area (Å²) in [6.45, 7) is 8.60. The van der Waals surface area contributed by atoms with Gasteiger partial charge in [-0.15, -0.1) is 0 Å². The lowest BCUT2D eigenvalue weighted by molar-refractivity contribution is -0.136. The van der Waals surface area contributed by atoms with Crippen LogP contribution in [0.2, 0.25) is 0 Å². The number of likely N-dealkylation sites (tertiary alicyclic amines) is 1. The first-order valence-corrected chi connectivity index (χ1v) is 8.89. The van der Waals surface area contributed by atoms with Gasteiger partial charge in [-0.05, 0) is 39.5 Å². The molecule has 2 amide bonds. The van der Waals surface area contributed by atoms with Crippen molar-refractivity contribution >= 4 is 11.8 Å². The van der Waals surface area contributed by atoms with E-state index in [2.05, 4.69) is 5.32 Å². The molecular formula is C17H33N3O3. The van der Waals surface area contributed by atoms with Crippen molar-refractivity contribution in [3.63, 3.8) is 0 Å². The maximum atomic E-state index is 12.1. The lowest BCUT2D eigenvalue weighted by Crippen LogP contribution is -2.48. The van der Waals surface area contributed by atoms with Gasteiger partial charge >= 0.3 is 0 Å². The largest absolute Gasteiger partial charge is 0.379 e. The fourth-order valence-corrected chi connectivity index (χ4v) is 2.78. The summed E-state index contributed by atoms with van der Waals surface area (Å²) in [5.74, 6) is 0.128. The second-order valence-corrected chi connectivity index (χ2v) is 6.56. The Morgan fingerprint density at radius 3 is 2.52 bits per heavy atom. The molecule has 0 radical (unpaired) electrons. The van der Waals surface area contributed by atoms with Crippen molar-refractivity contribution in [2.24, 2.45) is 11.7 Å².